The zero-order chi connectivity index (χ0) is 20.7. The molecule has 5 nitrogen and oxygen atoms in total. The molecule has 1 saturated heterocycles. The molecule has 0 radical (unpaired) electrons. The van der Waals surface area contributed by atoms with Crippen molar-refractivity contribution in [3.05, 3.63) is 88.3 Å². The van der Waals surface area contributed by atoms with Gasteiger partial charge in [0.15, 0.2) is 0 Å². The zero-order valence-electron chi connectivity index (χ0n) is 17.0. The van der Waals surface area contributed by atoms with Crippen LogP contribution in [0.4, 0.5) is 0 Å². The molecule has 5 rings (SSSR count). The van der Waals surface area contributed by atoms with Gasteiger partial charge in [-0.15, -0.1) is 0 Å². The lowest BCUT2D eigenvalue weighted by molar-refractivity contribution is 0.0595. The molecule has 2 bridgehead atoms. The minimum atomic E-state index is 0.0420. The number of carbonyl (C=O) groups excluding carboxylic acids is 1. The van der Waals surface area contributed by atoms with E-state index in [1.807, 2.05) is 58.0 Å². The Morgan fingerprint density at radius 2 is 1.70 bits per heavy atom. The number of methoxy groups -OCH3 is 1. The molecule has 2 unspecified atom stereocenters. The van der Waals surface area contributed by atoms with E-state index in [4.69, 9.17) is 4.74 Å². The first-order chi connectivity index (χ1) is 14.6. The van der Waals surface area contributed by atoms with Gasteiger partial charge in [-0.25, -0.2) is 0 Å². The molecule has 152 valence electrons. The Kier molecular flexibility index (Phi) is 4.66. The molecule has 3 heterocycles. The van der Waals surface area contributed by atoms with Crippen molar-refractivity contribution in [2.24, 2.45) is 5.92 Å². The smallest absolute Gasteiger partial charge is 0.253 e. The highest BCUT2D eigenvalue weighted by Crippen LogP contribution is 2.40. The molecule has 1 fully saturated rings. The molecule has 1 amide bonds. The van der Waals surface area contributed by atoms with Crippen molar-refractivity contribution >= 4 is 5.91 Å². The second kappa shape index (κ2) is 7.48. The van der Waals surface area contributed by atoms with Gasteiger partial charge in [0, 0.05) is 48.4 Å². The van der Waals surface area contributed by atoms with Crippen molar-refractivity contribution in [2.45, 2.75) is 18.9 Å². The molecule has 30 heavy (non-hydrogen) atoms. The maximum absolute atomic E-state index is 13.2. The molecule has 2 aliphatic rings. The van der Waals surface area contributed by atoms with Crippen LogP contribution in [0, 0.1) is 5.92 Å². The molecule has 0 spiro atoms. The Morgan fingerprint density at radius 1 is 0.933 bits per heavy atom. The summed E-state index contributed by atoms with van der Waals surface area (Å²) >= 11 is 0. The summed E-state index contributed by atoms with van der Waals surface area (Å²) in [4.78, 5) is 27.8. The van der Waals surface area contributed by atoms with E-state index in [1.165, 1.54) is 0 Å². The van der Waals surface area contributed by atoms with E-state index in [0.717, 1.165) is 29.0 Å². The second-order valence-corrected chi connectivity index (χ2v) is 8.18. The van der Waals surface area contributed by atoms with Crippen LogP contribution < -0.4 is 10.3 Å². The molecular formula is C25H24N2O3. The molecule has 2 aromatic carbocycles. The number of rotatable bonds is 3. The highest BCUT2D eigenvalue weighted by Gasteiger charge is 2.38. The van der Waals surface area contributed by atoms with Gasteiger partial charge >= 0.3 is 0 Å². The number of nitrogens with zero attached hydrogens (tertiary/aromatic N) is 2. The second-order valence-electron chi connectivity index (χ2n) is 8.18. The number of hydrogen-bond donors (Lipinski definition) is 0. The monoisotopic (exact) mass is 400 g/mol. The number of fused-ring (bicyclic) bond motifs is 4. The third-order valence-corrected chi connectivity index (χ3v) is 6.30. The minimum absolute atomic E-state index is 0.0420. The number of hydrogen-bond acceptors (Lipinski definition) is 3. The predicted molar refractivity (Wildman–Crippen MR) is 116 cm³/mol. The summed E-state index contributed by atoms with van der Waals surface area (Å²) in [6, 6.07) is 21.1. The fraction of sp³-hybridized carbons (Fsp3) is 0.280. The maximum Gasteiger partial charge on any atom is 0.253 e. The Labute approximate surface area is 175 Å². The molecule has 2 aliphatic heterocycles. The summed E-state index contributed by atoms with van der Waals surface area (Å²) < 4.78 is 7.14. The van der Waals surface area contributed by atoms with E-state index in [1.54, 1.807) is 13.2 Å². The normalized spacial score (nSPS) is 19.8. The van der Waals surface area contributed by atoms with Gasteiger partial charge in [-0.3, -0.25) is 9.59 Å². The molecule has 0 N–H and O–H groups in total. The van der Waals surface area contributed by atoms with Crippen LogP contribution in [-0.2, 0) is 6.54 Å². The minimum Gasteiger partial charge on any atom is -0.497 e. The fourth-order valence-electron chi connectivity index (χ4n) is 4.96. The average Bonchev–Trinajstić information content (AvgIpc) is 2.80. The maximum atomic E-state index is 13.2. The van der Waals surface area contributed by atoms with Crippen molar-refractivity contribution in [2.75, 3.05) is 20.2 Å². The standard InChI is InChI=1S/C25H24N2O3/c1-30-21-9-7-19(8-10-21)25(29)26-14-17-13-20(16-26)24-22(18-5-3-2-4-6-18)11-12-23(28)27(24)15-17/h2-12,17,20H,13-16H2,1H3. The van der Waals surface area contributed by atoms with Crippen LogP contribution in [-0.4, -0.2) is 35.6 Å². The Bertz CT molecular complexity index is 1140. The van der Waals surface area contributed by atoms with Crippen molar-refractivity contribution in [1.29, 1.82) is 0 Å². The van der Waals surface area contributed by atoms with Gasteiger partial charge in [0.25, 0.3) is 11.5 Å². The SMILES string of the molecule is COc1ccc(C(=O)N2CC3CC(C2)c2c(-c4ccccc4)ccc(=O)n2C3)cc1. The van der Waals surface area contributed by atoms with Crippen molar-refractivity contribution in [3.8, 4) is 16.9 Å². The van der Waals surface area contributed by atoms with Gasteiger partial charge in [0.2, 0.25) is 0 Å². The number of carbonyl (C=O) groups is 1. The summed E-state index contributed by atoms with van der Waals surface area (Å²) in [6.45, 7) is 1.98. The van der Waals surface area contributed by atoms with Crippen LogP contribution >= 0.6 is 0 Å². The van der Waals surface area contributed by atoms with Crippen molar-refractivity contribution in [3.63, 3.8) is 0 Å². The summed E-state index contributed by atoms with van der Waals surface area (Å²) in [5.41, 5.74) is 3.99. The van der Waals surface area contributed by atoms with Gasteiger partial charge in [0.05, 0.1) is 7.11 Å². The van der Waals surface area contributed by atoms with Crippen LogP contribution in [0.25, 0.3) is 11.1 Å². The third-order valence-electron chi connectivity index (χ3n) is 6.30. The zero-order valence-corrected chi connectivity index (χ0v) is 17.0. The lowest BCUT2D eigenvalue weighted by atomic mass is 9.80. The molecule has 3 aromatic rings. The molecule has 5 heteroatoms. The van der Waals surface area contributed by atoms with Gasteiger partial charge in [0.1, 0.15) is 5.75 Å². The summed E-state index contributed by atoms with van der Waals surface area (Å²) in [5, 5.41) is 0. The van der Waals surface area contributed by atoms with E-state index in [9.17, 15) is 9.59 Å². The van der Waals surface area contributed by atoms with Gasteiger partial charge in [-0.1, -0.05) is 30.3 Å². The van der Waals surface area contributed by atoms with E-state index in [-0.39, 0.29) is 17.4 Å². The lowest BCUT2D eigenvalue weighted by Crippen LogP contribution is -2.49. The van der Waals surface area contributed by atoms with E-state index in [2.05, 4.69) is 12.1 Å². The number of amides is 1. The van der Waals surface area contributed by atoms with E-state index in [0.29, 0.717) is 31.1 Å². The third kappa shape index (κ3) is 3.20. The number of aromatic nitrogens is 1. The number of ether oxygens (including phenoxy) is 1. The van der Waals surface area contributed by atoms with E-state index >= 15 is 0 Å². The number of pyridine rings is 1. The molecule has 2 atom stereocenters. The van der Waals surface area contributed by atoms with Crippen LogP contribution in [0.15, 0.2) is 71.5 Å². The lowest BCUT2D eigenvalue weighted by Gasteiger charge is -2.43. The average molecular weight is 400 g/mol. The van der Waals surface area contributed by atoms with E-state index < -0.39 is 0 Å². The molecule has 0 aliphatic carbocycles. The Hall–Kier alpha value is -3.34. The number of benzene rings is 2. The predicted octanol–water partition coefficient (Wildman–Crippen LogP) is 3.78. The topological polar surface area (TPSA) is 51.5 Å². The molecule has 1 aromatic heterocycles. The molecule has 0 saturated carbocycles. The first-order valence-corrected chi connectivity index (χ1v) is 10.4. The van der Waals surface area contributed by atoms with Gasteiger partial charge in [-0.05, 0) is 48.2 Å². The van der Waals surface area contributed by atoms with Crippen LogP contribution in [0.5, 0.6) is 5.75 Å². The van der Waals surface area contributed by atoms with Crippen LogP contribution in [0.2, 0.25) is 0 Å². The van der Waals surface area contributed by atoms with Gasteiger partial charge < -0.3 is 14.2 Å². The van der Waals surface area contributed by atoms with Crippen LogP contribution in [0.3, 0.4) is 0 Å². The van der Waals surface area contributed by atoms with Gasteiger partial charge in [-0.2, -0.15) is 0 Å². The van der Waals surface area contributed by atoms with Crippen LogP contribution in [0.1, 0.15) is 28.4 Å². The molecular weight excluding hydrogens is 376 g/mol. The van der Waals surface area contributed by atoms with Crippen molar-refractivity contribution in [1.82, 2.24) is 9.47 Å². The highest BCUT2D eigenvalue weighted by atomic mass is 16.5. The fourth-order valence-corrected chi connectivity index (χ4v) is 4.96. The Balaban J connectivity index is 1.50. The Morgan fingerprint density at radius 3 is 2.43 bits per heavy atom. The summed E-state index contributed by atoms with van der Waals surface area (Å²) in [5.74, 6) is 1.23. The quantitative estimate of drug-likeness (QED) is 0.672. The number of likely N-dealkylation sites (tertiary alicyclic amines) is 1. The first kappa shape index (κ1) is 18.7. The van der Waals surface area contributed by atoms with Crippen molar-refractivity contribution < 1.29 is 9.53 Å². The number of piperidine rings is 1. The highest BCUT2D eigenvalue weighted by molar-refractivity contribution is 5.94. The largest absolute Gasteiger partial charge is 0.497 e. The first-order valence-electron chi connectivity index (χ1n) is 10.4. The summed E-state index contributed by atoms with van der Waals surface area (Å²) in [6.07, 6.45) is 1.01. The summed E-state index contributed by atoms with van der Waals surface area (Å²) in [7, 11) is 1.62.